The lowest BCUT2D eigenvalue weighted by atomic mass is 10.1. The predicted molar refractivity (Wildman–Crippen MR) is 116 cm³/mol. The van der Waals surface area contributed by atoms with E-state index >= 15 is 0 Å². The number of carbonyl (C=O) groups is 1. The van der Waals surface area contributed by atoms with Gasteiger partial charge in [0.1, 0.15) is 12.4 Å². The van der Waals surface area contributed by atoms with Crippen LogP contribution in [0.3, 0.4) is 0 Å². The average Bonchev–Trinajstić information content (AvgIpc) is 3.14. The number of aromatic nitrogens is 3. The smallest absolute Gasteiger partial charge is 0.417 e. The molecule has 9 heteroatoms. The topological polar surface area (TPSA) is 78.7 Å². The summed E-state index contributed by atoms with van der Waals surface area (Å²) in [6, 6.07) is 15.4. The summed E-state index contributed by atoms with van der Waals surface area (Å²) < 4.78 is 32.3. The third-order valence-corrected chi connectivity index (χ3v) is 5.75. The standard InChI is InChI=1S/C24H19FN4O4/c1-14-19-10-15-11-28(12-18-13-31-20-4-2-3-5-21(20)32-18)24(30)33-23(15)26-22(19)29(27-14)17-8-6-16(25)7-9-17/h2-10,18H,11-13H2,1H3/t18-/m0/s1. The fraction of sp³-hybridized carbons (Fsp3) is 0.208. The van der Waals surface area contributed by atoms with Gasteiger partial charge in [-0.3, -0.25) is 4.90 Å². The molecule has 166 valence electrons. The number of halogens is 1. The quantitative estimate of drug-likeness (QED) is 0.473. The van der Waals surface area contributed by atoms with Gasteiger partial charge in [-0.1, -0.05) is 12.1 Å². The van der Waals surface area contributed by atoms with Crippen LogP contribution in [0.4, 0.5) is 9.18 Å². The fourth-order valence-electron chi connectivity index (χ4n) is 4.13. The summed E-state index contributed by atoms with van der Waals surface area (Å²) in [6.07, 6.45) is -0.810. The highest BCUT2D eigenvalue weighted by Gasteiger charge is 2.32. The van der Waals surface area contributed by atoms with Crippen LogP contribution in [0, 0.1) is 12.7 Å². The van der Waals surface area contributed by atoms with Gasteiger partial charge in [-0.25, -0.2) is 13.9 Å². The van der Waals surface area contributed by atoms with Gasteiger partial charge in [0.2, 0.25) is 5.88 Å². The van der Waals surface area contributed by atoms with Crippen molar-refractivity contribution < 1.29 is 23.4 Å². The van der Waals surface area contributed by atoms with Crippen molar-refractivity contribution in [3.05, 3.63) is 71.7 Å². The Bertz CT molecular complexity index is 1390. The van der Waals surface area contributed by atoms with E-state index in [4.69, 9.17) is 14.2 Å². The van der Waals surface area contributed by atoms with E-state index in [-0.39, 0.29) is 17.8 Å². The molecule has 0 radical (unpaired) electrons. The van der Waals surface area contributed by atoms with Gasteiger partial charge in [0.25, 0.3) is 0 Å². The molecule has 6 rings (SSSR count). The summed E-state index contributed by atoms with van der Waals surface area (Å²) in [4.78, 5) is 18.9. The number of amides is 1. The molecule has 0 aliphatic carbocycles. The van der Waals surface area contributed by atoms with Gasteiger partial charge in [0.05, 0.1) is 24.5 Å². The minimum Gasteiger partial charge on any atom is -0.486 e. The van der Waals surface area contributed by atoms with Gasteiger partial charge in [-0.15, -0.1) is 0 Å². The van der Waals surface area contributed by atoms with Crippen LogP contribution >= 0.6 is 0 Å². The van der Waals surface area contributed by atoms with Gasteiger partial charge in [0.15, 0.2) is 23.3 Å². The molecule has 2 aromatic heterocycles. The molecule has 1 amide bonds. The van der Waals surface area contributed by atoms with Crippen molar-refractivity contribution in [1.29, 1.82) is 0 Å². The maximum atomic E-state index is 13.3. The zero-order valence-electron chi connectivity index (χ0n) is 17.7. The molecule has 2 aromatic carbocycles. The average molecular weight is 446 g/mol. The number of rotatable bonds is 3. The largest absolute Gasteiger partial charge is 0.486 e. The van der Waals surface area contributed by atoms with E-state index in [9.17, 15) is 9.18 Å². The number of hydrogen-bond donors (Lipinski definition) is 0. The highest BCUT2D eigenvalue weighted by molar-refractivity contribution is 5.83. The molecule has 4 aromatic rings. The minimum atomic E-state index is -0.499. The third kappa shape index (κ3) is 3.42. The Morgan fingerprint density at radius 1 is 1.12 bits per heavy atom. The Morgan fingerprint density at radius 3 is 2.73 bits per heavy atom. The van der Waals surface area contributed by atoms with Crippen molar-refractivity contribution in [1.82, 2.24) is 19.7 Å². The lowest BCUT2D eigenvalue weighted by Gasteiger charge is -2.32. The molecular weight excluding hydrogens is 427 g/mol. The molecule has 33 heavy (non-hydrogen) atoms. The van der Waals surface area contributed by atoms with E-state index in [1.807, 2.05) is 37.3 Å². The summed E-state index contributed by atoms with van der Waals surface area (Å²) in [5.74, 6) is 1.27. The monoisotopic (exact) mass is 446 g/mol. The van der Waals surface area contributed by atoms with Crippen LogP contribution in [0.15, 0.2) is 54.6 Å². The van der Waals surface area contributed by atoms with Gasteiger partial charge in [0, 0.05) is 10.9 Å². The molecule has 0 bridgehead atoms. The highest BCUT2D eigenvalue weighted by atomic mass is 19.1. The first-order chi connectivity index (χ1) is 16.0. The molecular formula is C24H19FN4O4. The van der Waals surface area contributed by atoms with Crippen LogP contribution in [0.2, 0.25) is 0 Å². The molecule has 0 fully saturated rings. The zero-order chi connectivity index (χ0) is 22.5. The Labute approximate surface area is 188 Å². The summed E-state index contributed by atoms with van der Waals surface area (Å²) in [7, 11) is 0. The molecule has 0 unspecified atom stereocenters. The zero-order valence-corrected chi connectivity index (χ0v) is 17.7. The van der Waals surface area contributed by atoms with Crippen molar-refractivity contribution >= 4 is 17.1 Å². The second-order valence-corrected chi connectivity index (χ2v) is 8.04. The Balaban J connectivity index is 1.28. The normalized spacial score (nSPS) is 17.1. The van der Waals surface area contributed by atoms with Gasteiger partial charge in [-0.2, -0.15) is 10.1 Å². The molecule has 0 saturated carbocycles. The number of carbonyl (C=O) groups excluding carboxylic acids is 1. The van der Waals surface area contributed by atoms with E-state index in [1.165, 1.54) is 12.1 Å². The van der Waals surface area contributed by atoms with E-state index in [2.05, 4.69) is 10.1 Å². The van der Waals surface area contributed by atoms with Gasteiger partial charge < -0.3 is 14.2 Å². The fourth-order valence-corrected chi connectivity index (χ4v) is 4.13. The molecule has 0 saturated heterocycles. The molecule has 2 aliphatic rings. The van der Waals surface area contributed by atoms with Crippen molar-refractivity contribution in [2.24, 2.45) is 0 Å². The van der Waals surface area contributed by atoms with Crippen molar-refractivity contribution in [3.63, 3.8) is 0 Å². The first-order valence-corrected chi connectivity index (χ1v) is 10.6. The van der Waals surface area contributed by atoms with E-state index in [1.54, 1.807) is 21.7 Å². The van der Waals surface area contributed by atoms with E-state index < -0.39 is 6.09 Å². The Hall–Kier alpha value is -4.14. The van der Waals surface area contributed by atoms with Gasteiger partial charge in [-0.05, 0) is 49.4 Å². The van der Waals surface area contributed by atoms with Crippen LogP contribution in [-0.2, 0) is 6.54 Å². The van der Waals surface area contributed by atoms with E-state index in [0.29, 0.717) is 42.5 Å². The number of hydrogen-bond acceptors (Lipinski definition) is 6. The van der Waals surface area contributed by atoms with Gasteiger partial charge >= 0.3 is 6.09 Å². The Morgan fingerprint density at radius 2 is 1.91 bits per heavy atom. The number of fused-ring (bicyclic) bond motifs is 3. The number of benzene rings is 2. The SMILES string of the molecule is Cc1nn(-c2ccc(F)cc2)c2nc3c(cc12)CN(C[C@H]1COc2ccccc2O1)C(=O)O3. The number of nitrogens with zero attached hydrogens (tertiary/aromatic N) is 4. The second kappa shape index (κ2) is 7.47. The first-order valence-electron chi connectivity index (χ1n) is 10.6. The van der Waals surface area contributed by atoms with Crippen molar-refractivity contribution in [2.45, 2.75) is 19.6 Å². The summed E-state index contributed by atoms with van der Waals surface area (Å²) >= 11 is 0. The molecule has 1 atom stereocenters. The highest BCUT2D eigenvalue weighted by Crippen LogP contribution is 2.33. The van der Waals surface area contributed by atoms with Crippen LogP contribution < -0.4 is 14.2 Å². The number of pyridine rings is 1. The lowest BCUT2D eigenvalue weighted by Crippen LogP contribution is -2.46. The van der Waals surface area contributed by atoms with Crippen molar-refractivity contribution in [2.75, 3.05) is 13.2 Å². The number of para-hydroxylation sites is 2. The predicted octanol–water partition coefficient (Wildman–Crippen LogP) is 4.02. The number of ether oxygens (including phenoxy) is 3. The maximum absolute atomic E-state index is 13.3. The molecule has 8 nitrogen and oxygen atoms in total. The minimum absolute atomic E-state index is 0.248. The van der Waals surface area contributed by atoms with E-state index in [0.717, 1.165) is 16.6 Å². The lowest BCUT2D eigenvalue weighted by molar-refractivity contribution is 0.0528. The summed E-state index contributed by atoms with van der Waals surface area (Å²) in [5, 5.41) is 5.39. The molecule has 2 aliphatic heterocycles. The summed E-state index contributed by atoms with van der Waals surface area (Å²) in [6.45, 7) is 2.88. The summed E-state index contributed by atoms with van der Waals surface area (Å²) in [5.41, 5.74) is 2.76. The molecule has 0 spiro atoms. The van der Waals surface area contributed by atoms with Crippen LogP contribution in [0.25, 0.3) is 16.7 Å². The molecule has 4 heterocycles. The first kappa shape index (κ1) is 19.5. The van der Waals surface area contributed by atoms with Crippen LogP contribution in [0.1, 0.15) is 11.3 Å². The van der Waals surface area contributed by atoms with Crippen molar-refractivity contribution in [3.8, 4) is 23.1 Å². The third-order valence-electron chi connectivity index (χ3n) is 5.75. The van der Waals surface area contributed by atoms with Crippen LogP contribution in [0.5, 0.6) is 17.4 Å². The maximum Gasteiger partial charge on any atom is 0.417 e. The number of aryl methyl sites for hydroxylation is 1. The Kier molecular flexibility index (Phi) is 4.42. The molecule has 0 N–H and O–H groups in total. The van der Waals surface area contributed by atoms with Crippen LogP contribution in [-0.4, -0.2) is 45.0 Å². The second-order valence-electron chi connectivity index (χ2n) is 8.04.